The van der Waals surface area contributed by atoms with Gasteiger partial charge in [0.2, 0.25) is 0 Å². The van der Waals surface area contributed by atoms with E-state index in [0.29, 0.717) is 0 Å². The van der Waals surface area contributed by atoms with Crippen molar-refractivity contribution in [2.45, 2.75) is 12.1 Å². The van der Waals surface area contributed by atoms with E-state index in [1.165, 1.54) is 6.07 Å². The number of hydrogen-bond donors (Lipinski definition) is 1. The van der Waals surface area contributed by atoms with Crippen LogP contribution >= 0.6 is 23.2 Å². The van der Waals surface area contributed by atoms with Gasteiger partial charge in [-0.15, -0.1) is 11.6 Å². The zero-order chi connectivity index (χ0) is 10.9. The van der Waals surface area contributed by atoms with Crippen LogP contribution in [0, 0.1) is 0 Å². The van der Waals surface area contributed by atoms with E-state index in [9.17, 15) is 13.2 Å². The maximum absolute atomic E-state index is 12.4. The van der Waals surface area contributed by atoms with E-state index in [1.54, 1.807) is 0 Å². The highest BCUT2D eigenvalue weighted by Crippen LogP contribution is 2.37. The fourth-order valence-electron chi connectivity index (χ4n) is 1.06. The fraction of sp³-hybridized carbons (Fsp3) is 0.250. The topological polar surface area (TPSA) is 26.0 Å². The first-order valence-electron chi connectivity index (χ1n) is 3.57. The Morgan fingerprint density at radius 1 is 1.29 bits per heavy atom. The first-order chi connectivity index (χ1) is 6.36. The van der Waals surface area contributed by atoms with Gasteiger partial charge in [-0.2, -0.15) is 13.2 Å². The molecule has 1 rings (SSSR count). The lowest BCUT2D eigenvalue weighted by atomic mass is 10.1. The molecule has 2 N–H and O–H groups in total. The molecular weight excluding hydrogens is 238 g/mol. The molecule has 0 radical (unpaired) electrons. The third-order valence-corrected chi connectivity index (χ3v) is 2.17. The van der Waals surface area contributed by atoms with Gasteiger partial charge in [0.15, 0.2) is 0 Å². The summed E-state index contributed by atoms with van der Waals surface area (Å²) in [5, 5.41) is -0.0521. The lowest BCUT2D eigenvalue weighted by molar-refractivity contribution is -0.138. The Hall–Kier alpha value is -0.610. The van der Waals surface area contributed by atoms with E-state index in [4.69, 9.17) is 28.9 Å². The van der Waals surface area contributed by atoms with E-state index in [-0.39, 0.29) is 22.2 Å². The average molecular weight is 244 g/mol. The highest BCUT2D eigenvalue weighted by atomic mass is 35.5. The molecule has 0 amide bonds. The Bertz CT molecular complexity index is 349. The monoisotopic (exact) mass is 243 g/mol. The first-order valence-corrected chi connectivity index (χ1v) is 4.48. The maximum Gasteiger partial charge on any atom is 0.416 e. The SMILES string of the molecule is Nc1cc(Cl)cc(C(F)(F)F)c1CCl. The van der Waals surface area contributed by atoms with Crippen molar-refractivity contribution in [3.63, 3.8) is 0 Å². The van der Waals surface area contributed by atoms with Gasteiger partial charge in [0.25, 0.3) is 0 Å². The van der Waals surface area contributed by atoms with E-state index < -0.39 is 11.7 Å². The molecule has 0 bridgehead atoms. The Kier molecular flexibility index (Phi) is 3.17. The van der Waals surface area contributed by atoms with Crippen LogP contribution in [0.2, 0.25) is 5.02 Å². The molecule has 0 aromatic heterocycles. The summed E-state index contributed by atoms with van der Waals surface area (Å²) in [5.41, 5.74) is 4.31. The minimum absolute atomic E-state index is 0.0418. The number of alkyl halides is 4. The molecule has 0 aliphatic carbocycles. The number of nitrogens with two attached hydrogens (primary N) is 1. The van der Waals surface area contributed by atoms with Crippen LogP contribution in [0.3, 0.4) is 0 Å². The van der Waals surface area contributed by atoms with Gasteiger partial charge in [0, 0.05) is 16.3 Å². The number of halogens is 5. The zero-order valence-electron chi connectivity index (χ0n) is 6.83. The average Bonchev–Trinajstić information content (AvgIpc) is 2.01. The number of hydrogen-bond acceptors (Lipinski definition) is 1. The molecule has 0 atom stereocenters. The molecule has 78 valence electrons. The molecule has 0 saturated heterocycles. The molecular formula is C8H6Cl2F3N. The van der Waals surface area contributed by atoms with Crippen LogP contribution < -0.4 is 5.73 Å². The van der Waals surface area contributed by atoms with E-state index in [2.05, 4.69) is 0 Å². The maximum atomic E-state index is 12.4. The normalized spacial score (nSPS) is 11.8. The van der Waals surface area contributed by atoms with Crippen LogP contribution in [0.25, 0.3) is 0 Å². The van der Waals surface area contributed by atoms with Gasteiger partial charge in [0.05, 0.1) is 11.4 Å². The second-order valence-electron chi connectivity index (χ2n) is 2.65. The predicted octanol–water partition coefficient (Wildman–Crippen LogP) is 3.68. The van der Waals surface area contributed by atoms with Crippen LogP contribution in [0.4, 0.5) is 18.9 Å². The Morgan fingerprint density at radius 2 is 1.86 bits per heavy atom. The summed E-state index contributed by atoms with van der Waals surface area (Å²) in [6, 6.07) is 2.06. The quantitative estimate of drug-likeness (QED) is 0.591. The summed E-state index contributed by atoms with van der Waals surface area (Å²) in [6.07, 6.45) is -4.48. The molecule has 0 unspecified atom stereocenters. The summed E-state index contributed by atoms with van der Waals surface area (Å²) in [5.74, 6) is -0.294. The highest BCUT2D eigenvalue weighted by Gasteiger charge is 2.34. The number of rotatable bonds is 1. The lowest BCUT2D eigenvalue weighted by Gasteiger charge is -2.13. The van der Waals surface area contributed by atoms with Crippen molar-refractivity contribution in [3.05, 3.63) is 28.3 Å². The molecule has 0 aliphatic heterocycles. The molecule has 0 fully saturated rings. The van der Waals surface area contributed by atoms with Gasteiger partial charge < -0.3 is 5.73 Å². The van der Waals surface area contributed by atoms with Crippen molar-refractivity contribution in [3.8, 4) is 0 Å². The van der Waals surface area contributed by atoms with Crippen LogP contribution in [-0.2, 0) is 12.1 Å². The fourth-order valence-corrected chi connectivity index (χ4v) is 1.58. The molecule has 0 spiro atoms. The highest BCUT2D eigenvalue weighted by molar-refractivity contribution is 6.31. The van der Waals surface area contributed by atoms with Gasteiger partial charge in [0.1, 0.15) is 0 Å². The Morgan fingerprint density at radius 3 is 2.29 bits per heavy atom. The second kappa shape index (κ2) is 3.87. The van der Waals surface area contributed by atoms with Crippen molar-refractivity contribution in [2.24, 2.45) is 0 Å². The van der Waals surface area contributed by atoms with Crippen molar-refractivity contribution in [1.82, 2.24) is 0 Å². The van der Waals surface area contributed by atoms with Crippen molar-refractivity contribution < 1.29 is 13.2 Å². The number of benzene rings is 1. The third-order valence-electron chi connectivity index (χ3n) is 1.69. The summed E-state index contributed by atoms with van der Waals surface area (Å²) >= 11 is 10.8. The minimum atomic E-state index is -4.48. The largest absolute Gasteiger partial charge is 0.416 e. The smallest absolute Gasteiger partial charge is 0.398 e. The second-order valence-corrected chi connectivity index (χ2v) is 3.36. The van der Waals surface area contributed by atoms with Crippen LogP contribution in [0.5, 0.6) is 0 Å². The standard InChI is InChI=1S/C8H6Cl2F3N/c9-3-5-6(8(11,12)13)1-4(10)2-7(5)14/h1-2H,3,14H2. The molecule has 0 aliphatic rings. The number of anilines is 1. The summed E-state index contributed by atoms with van der Waals surface area (Å²) in [6.45, 7) is 0. The molecule has 0 heterocycles. The van der Waals surface area contributed by atoms with E-state index in [1.807, 2.05) is 0 Å². The van der Waals surface area contributed by atoms with Gasteiger partial charge in [-0.1, -0.05) is 11.6 Å². The van der Waals surface area contributed by atoms with Crippen molar-refractivity contribution in [2.75, 3.05) is 5.73 Å². The van der Waals surface area contributed by atoms with Gasteiger partial charge >= 0.3 is 6.18 Å². The van der Waals surface area contributed by atoms with E-state index >= 15 is 0 Å². The zero-order valence-corrected chi connectivity index (χ0v) is 8.34. The molecule has 14 heavy (non-hydrogen) atoms. The number of nitrogen functional groups attached to an aromatic ring is 1. The molecule has 1 aromatic rings. The lowest BCUT2D eigenvalue weighted by Crippen LogP contribution is -2.10. The van der Waals surface area contributed by atoms with Crippen molar-refractivity contribution >= 4 is 28.9 Å². The van der Waals surface area contributed by atoms with Crippen LogP contribution in [0.15, 0.2) is 12.1 Å². The van der Waals surface area contributed by atoms with Crippen LogP contribution in [-0.4, -0.2) is 0 Å². The van der Waals surface area contributed by atoms with E-state index in [0.717, 1.165) is 6.07 Å². The Labute approximate surface area is 88.6 Å². The predicted molar refractivity (Wildman–Crippen MR) is 50.4 cm³/mol. The molecule has 6 heteroatoms. The molecule has 1 aromatic carbocycles. The molecule has 1 nitrogen and oxygen atoms in total. The van der Waals surface area contributed by atoms with Crippen LogP contribution in [0.1, 0.15) is 11.1 Å². The Balaban J connectivity index is 3.40. The first kappa shape index (κ1) is 11.5. The minimum Gasteiger partial charge on any atom is -0.398 e. The van der Waals surface area contributed by atoms with Gasteiger partial charge in [-0.3, -0.25) is 0 Å². The summed E-state index contributed by atoms with van der Waals surface area (Å²) in [7, 11) is 0. The van der Waals surface area contributed by atoms with Gasteiger partial charge in [-0.25, -0.2) is 0 Å². The van der Waals surface area contributed by atoms with Gasteiger partial charge in [-0.05, 0) is 12.1 Å². The molecule has 0 saturated carbocycles. The van der Waals surface area contributed by atoms with Crippen molar-refractivity contribution in [1.29, 1.82) is 0 Å². The third kappa shape index (κ3) is 2.25. The summed E-state index contributed by atoms with van der Waals surface area (Å²) < 4.78 is 37.3. The summed E-state index contributed by atoms with van der Waals surface area (Å²) in [4.78, 5) is 0.